The number of aliphatic hydroxyl groups excluding tert-OH is 4. The van der Waals surface area contributed by atoms with E-state index in [0.29, 0.717) is 113 Å². The van der Waals surface area contributed by atoms with Gasteiger partial charge in [-0.05, 0) is 205 Å². The van der Waals surface area contributed by atoms with Crippen LogP contribution in [0.5, 0.6) is 0 Å². The lowest BCUT2D eigenvalue weighted by atomic mass is 9.33. The molecular formula is C74H118N8O9. The number of hydrogen-bond donors (Lipinski definition) is 6. The van der Waals surface area contributed by atoms with Gasteiger partial charge in [0.05, 0.1) is 113 Å². The van der Waals surface area contributed by atoms with E-state index in [-0.39, 0.29) is 103 Å². The predicted molar refractivity (Wildman–Crippen MR) is 349 cm³/mol. The van der Waals surface area contributed by atoms with Crippen molar-refractivity contribution < 1.29 is 44.2 Å². The third-order valence-electron chi connectivity index (χ3n) is 29.9. The third kappa shape index (κ3) is 10.7. The van der Waals surface area contributed by atoms with Gasteiger partial charge in [-0.3, -0.25) is 9.59 Å². The fourth-order valence-corrected chi connectivity index (χ4v) is 24.1. The van der Waals surface area contributed by atoms with E-state index in [1.165, 1.54) is 11.1 Å². The monoisotopic (exact) mass is 1260 g/mol. The lowest BCUT2D eigenvalue weighted by Crippen LogP contribution is -2.68. The molecule has 2 heterocycles. The number of allylic oxidation sites excluding steroid dienone is 4. The Labute approximate surface area is 544 Å². The van der Waals surface area contributed by atoms with Crippen molar-refractivity contribution in [2.75, 3.05) is 39.6 Å². The minimum Gasteiger partial charge on any atom is -0.393 e. The molecule has 0 aromatic carbocycles. The molecule has 2 aromatic heterocycles. The van der Waals surface area contributed by atoms with E-state index in [4.69, 9.17) is 14.2 Å². The van der Waals surface area contributed by atoms with Crippen LogP contribution in [0.15, 0.2) is 35.7 Å². The molecule has 2 aromatic rings. The zero-order valence-electron chi connectivity index (χ0n) is 58.4. The van der Waals surface area contributed by atoms with Crippen molar-refractivity contribution in [2.24, 2.45) is 100 Å². The molecule has 12 rings (SSSR count). The lowest BCUT2D eigenvalue weighted by molar-refractivity contribution is -0.215. The topological polar surface area (TPSA) is 228 Å². The molecule has 2 amide bonds. The van der Waals surface area contributed by atoms with Crippen LogP contribution in [0.3, 0.4) is 0 Å². The average molecular weight is 1260 g/mol. The molecule has 0 aliphatic heterocycles. The summed E-state index contributed by atoms with van der Waals surface area (Å²) in [5.41, 5.74) is 1.82. The van der Waals surface area contributed by atoms with E-state index in [9.17, 15) is 30.0 Å². The standard InChI is InChI=1S/C74H118N8O9/c1-63(2)27-29-73(51(39-63)49-15-17-55-67(9)23-21-57(83)65(5,6)53(67)19-25-69(55,11)71(49,13)41-59(73)85)61(87)75-43-47-45-81(79-77-47)31-33-89-35-37-91-38-36-90-34-32-82-46-48(78-80-82)44-76-62(88)74-30-28-64(3,4)40-52(74)50-16-18-56-68(10)24-22-58(84)66(7,8)54(68)20-26-70(56,12)72(50,14)42-60(74)86/h15-16,45-46,51-60,83-86H,17-44H2,1-14H3,(H,75,87)(H,76,88)/t51?,52?,53?,54?,55?,56?,57-,58-,59+,60+,67-,68-,69+,70+,71+,72+,73+,74+/m0/s1. The van der Waals surface area contributed by atoms with Crippen LogP contribution in [0.25, 0.3) is 0 Å². The summed E-state index contributed by atoms with van der Waals surface area (Å²) >= 11 is 0. The zero-order valence-corrected chi connectivity index (χ0v) is 58.4. The Morgan fingerprint density at radius 2 is 0.846 bits per heavy atom. The molecule has 17 nitrogen and oxygen atoms in total. The number of nitrogens with one attached hydrogen (secondary N) is 2. The number of rotatable bonds is 18. The first-order valence-corrected chi connectivity index (χ1v) is 35.9. The van der Waals surface area contributed by atoms with Crippen molar-refractivity contribution in [3.63, 3.8) is 0 Å². The van der Waals surface area contributed by atoms with Gasteiger partial charge in [-0.1, -0.05) is 131 Å². The Hall–Kier alpha value is -3.58. The van der Waals surface area contributed by atoms with Gasteiger partial charge >= 0.3 is 0 Å². The summed E-state index contributed by atoms with van der Waals surface area (Å²) in [7, 11) is 0. The normalized spacial score (nSPS) is 43.1. The molecular weight excluding hydrogens is 1140 g/mol. The van der Waals surface area contributed by atoms with Crippen molar-refractivity contribution >= 4 is 11.8 Å². The summed E-state index contributed by atoms with van der Waals surface area (Å²) in [5, 5.41) is 71.7. The van der Waals surface area contributed by atoms with Gasteiger partial charge in [0.2, 0.25) is 11.8 Å². The van der Waals surface area contributed by atoms with Crippen LogP contribution in [-0.2, 0) is 50.0 Å². The number of carbonyl (C=O) groups excluding carboxylic acids is 2. The number of hydrogen-bond acceptors (Lipinski definition) is 13. The van der Waals surface area contributed by atoms with Gasteiger partial charge in [0.25, 0.3) is 0 Å². The van der Waals surface area contributed by atoms with E-state index < -0.39 is 23.0 Å². The van der Waals surface area contributed by atoms with Crippen molar-refractivity contribution in [1.82, 2.24) is 40.6 Å². The van der Waals surface area contributed by atoms with Gasteiger partial charge in [-0.2, -0.15) is 0 Å². The second-order valence-electron chi connectivity index (χ2n) is 35.9. The summed E-state index contributed by atoms with van der Waals surface area (Å²) in [4.78, 5) is 29.7. The highest BCUT2D eigenvalue weighted by Gasteiger charge is 2.73. The first-order chi connectivity index (χ1) is 42.7. The van der Waals surface area contributed by atoms with Gasteiger partial charge in [-0.15, -0.1) is 10.2 Å². The first-order valence-electron chi connectivity index (χ1n) is 35.9. The Kier molecular flexibility index (Phi) is 17.5. The summed E-state index contributed by atoms with van der Waals surface area (Å²) in [6.07, 6.45) is 22.7. The maximum atomic E-state index is 14.9. The van der Waals surface area contributed by atoms with E-state index in [1.807, 2.05) is 12.4 Å². The van der Waals surface area contributed by atoms with Crippen LogP contribution in [0, 0.1) is 100 Å². The molecule has 6 N–H and O–H groups in total. The van der Waals surface area contributed by atoms with Gasteiger partial charge in [-0.25, -0.2) is 9.36 Å². The fraction of sp³-hybridized carbons (Fsp3) is 0.865. The minimum atomic E-state index is -0.910. The van der Waals surface area contributed by atoms with Crippen LogP contribution < -0.4 is 10.6 Å². The maximum absolute atomic E-state index is 14.9. The van der Waals surface area contributed by atoms with Crippen molar-refractivity contribution in [3.05, 3.63) is 47.1 Å². The Morgan fingerprint density at radius 1 is 0.473 bits per heavy atom. The number of aliphatic hydroxyl groups is 4. The van der Waals surface area contributed by atoms with E-state index in [2.05, 4.69) is 140 Å². The van der Waals surface area contributed by atoms with Crippen molar-refractivity contribution in [3.8, 4) is 0 Å². The number of nitrogens with zero attached hydrogens (tertiary/aromatic N) is 6. The largest absolute Gasteiger partial charge is 0.393 e. The van der Waals surface area contributed by atoms with Crippen LogP contribution in [-0.4, -0.2) is 126 Å². The second-order valence-corrected chi connectivity index (χ2v) is 35.9. The van der Waals surface area contributed by atoms with Gasteiger partial charge < -0.3 is 45.3 Å². The smallest absolute Gasteiger partial charge is 0.229 e. The number of carbonyl (C=O) groups is 2. The molecule has 0 saturated heterocycles. The molecule has 0 bridgehead atoms. The predicted octanol–water partition coefficient (Wildman–Crippen LogP) is 11.1. The second kappa shape index (κ2) is 23.6. The number of amides is 2. The lowest BCUT2D eigenvalue weighted by Gasteiger charge is -2.71. The van der Waals surface area contributed by atoms with Crippen LogP contribution in [0.2, 0.25) is 0 Å². The van der Waals surface area contributed by atoms with Crippen LogP contribution >= 0.6 is 0 Å². The van der Waals surface area contributed by atoms with Crippen molar-refractivity contribution in [1.29, 1.82) is 0 Å². The highest BCUT2D eigenvalue weighted by Crippen LogP contribution is 2.78. The quantitative estimate of drug-likeness (QED) is 0.0604. The summed E-state index contributed by atoms with van der Waals surface area (Å²) < 4.78 is 21.0. The molecule has 10 aliphatic carbocycles. The van der Waals surface area contributed by atoms with Crippen molar-refractivity contribution in [2.45, 2.75) is 263 Å². The molecule has 508 valence electrons. The SMILES string of the molecule is CC1(C)CC[C@@]2(C(=O)NCc3cn(CCOCCOCCOCCn4cc(CNC(=O)[C@]56CCC(C)(C)CC5C5=CCC7[C@@]8(C)CC[C@H](O)C(C)(C)C8CC[C@@]7(C)[C@]5(C)C[C@H]6O)nn4)nn3)C(C1)C1=CCC3[C@@]4(C)CC[C@H](O)C(C)(C)C4CC[C@@]3(C)[C@]1(C)C[C@H]2O. The van der Waals surface area contributed by atoms with E-state index in [1.54, 1.807) is 9.36 Å². The van der Waals surface area contributed by atoms with Crippen LogP contribution in [0.1, 0.15) is 224 Å². The summed E-state index contributed by atoms with van der Waals surface area (Å²) in [6, 6.07) is 0. The Balaban J connectivity index is 0.565. The molecule has 17 heteroatoms. The highest BCUT2D eigenvalue weighted by atomic mass is 16.5. The molecule has 0 spiro atoms. The molecule has 8 saturated carbocycles. The minimum absolute atomic E-state index is 0.0290. The third-order valence-corrected chi connectivity index (χ3v) is 29.9. The maximum Gasteiger partial charge on any atom is 0.229 e. The molecule has 6 unspecified atom stereocenters. The number of ether oxygens (including phenoxy) is 3. The molecule has 10 aliphatic rings. The first kappa shape index (κ1) is 67.4. The van der Waals surface area contributed by atoms with Gasteiger partial charge in [0, 0.05) is 0 Å². The van der Waals surface area contributed by atoms with Gasteiger partial charge in [0.1, 0.15) is 11.4 Å². The fourth-order valence-electron chi connectivity index (χ4n) is 24.1. The summed E-state index contributed by atoms with van der Waals surface area (Å²) in [6.45, 7) is 37.4. The Bertz CT molecular complexity index is 2900. The molecule has 18 atom stereocenters. The summed E-state index contributed by atoms with van der Waals surface area (Å²) in [5.74, 6) is 1.53. The van der Waals surface area contributed by atoms with E-state index in [0.717, 1.165) is 89.9 Å². The molecule has 0 radical (unpaired) electrons. The van der Waals surface area contributed by atoms with E-state index >= 15 is 0 Å². The number of fused-ring (bicyclic) bond motifs is 14. The Morgan fingerprint density at radius 3 is 1.23 bits per heavy atom. The highest BCUT2D eigenvalue weighted by molar-refractivity contribution is 5.85. The zero-order chi connectivity index (χ0) is 65.4. The number of aromatic nitrogens is 6. The van der Waals surface area contributed by atoms with Crippen LogP contribution in [0.4, 0.5) is 0 Å². The molecule has 91 heavy (non-hydrogen) atoms. The van der Waals surface area contributed by atoms with Gasteiger partial charge in [0.15, 0.2) is 0 Å². The molecule has 8 fully saturated rings. The average Bonchev–Trinajstić information content (AvgIpc) is 1.22.